The molecule has 0 heterocycles. The minimum atomic E-state index is -1.16. The number of carboxylic acid groups (broad SMARTS) is 1. The fraction of sp³-hybridized carbons (Fsp3) is 0.588. The molecule has 0 saturated carbocycles. The fourth-order valence-electron chi connectivity index (χ4n) is 4.20. The Bertz CT molecular complexity index is 625. The summed E-state index contributed by atoms with van der Waals surface area (Å²) in [6.45, 7) is 6.74. The van der Waals surface area contributed by atoms with Crippen molar-refractivity contribution in [2.45, 2.75) is 47.0 Å². The first-order valence-electron chi connectivity index (χ1n) is 7.62. The monoisotopic (exact) mass is 306 g/mol. The van der Waals surface area contributed by atoms with Gasteiger partial charge in [-0.2, -0.15) is 0 Å². The van der Waals surface area contributed by atoms with Crippen LogP contribution in [0.5, 0.6) is 0 Å². The van der Waals surface area contributed by atoms with Crippen molar-refractivity contribution in [2.75, 3.05) is 0 Å². The van der Waals surface area contributed by atoms with Gasteiger partial charge >= 0.3 is 5.97 Å². The average Bonchev–Trinajstić information content (AvgIpc) is 2.61. The van der Waals surface area contributed by atoms with Crippen molar-refractivity contribution >= 4 is 17.5 Å². The Kier molecular flexibility index (Phi) is 4.02. The van der Waals surface area contributed by atoms with E-state index in [4.69, 9.17) is 0 Å². The van der Waals surface area contributed by atoms with Gasteiger partial charge in [-0.25, -0.2) is 4.79 Å². The molecule has 0 fully saturated rings. The second kappa shape index (κ2) is 5.38. The second-order valence-electron chi connectivity index (χ2n) is 6.46. The molecule has 0 radical (unpaired) electrons. The molecule has 0 saturated heterocycles. The van der Waals surface area contributed by atoms with Crippen LogP contribution >= 0.6 is 0 Å². The molecule has 120 valence electrons. The highest BCUT2D eigenvalue weighted by atomic mass is 16.4. The summed E-state index contributed by atoms with van der Waals surface area (Å²) >= 11 is 0. The molecule has 2 N–H and O–H groups in total. The Morgan fingerprint density at radius 3 is 2.41 bits per heavy atom. The van der Waals surface area contributed by atoms with Crippen molar-refractivity contribution in [3.8, 4) is 0 Å². The van der Waals surface area contributed by atoms with Crippen molar-refractivity contribution in [3.05, 3.63) is 22.5 Å². The number of fused-ring (bicyclic) bond motifs is 1. The van der Waals surface area contributed by atoms with Crippen molar-refractivity contribution in [1.29, 1.82) is 0 Å². The second-order valence-corrected chi connectivity index (χ2v) is 6.46. The molecule has 5 heteroatoms. The molecular weight excluding hydrogens is 284 g/mol. The van der Waals surface area contributed by atoms with Gasteiger partial charge in [0.05, 0.1) is 16.6 Å². The minimum absolute atomic E-state index is 0.0979. The van der Waals surface area contributed by atoms with Gasteiger partial charge in [0, 0.05) is 6.42 Å². The molecule has 2 aliphatic rings. The van der Waals surface area contributed by atoms with E-state index < -0.39 is 17.2 Å². The predicted octanol–water partition coefficient (Wildman–Crippen LogP) is 2.81. The lowest BCUT2D eigenvalue weighted by Gasteiger charge is -2.38. The van der Waals surface area contributed by atoms with Gasteiger partial charge in [0.15, 0.2) is 11.6 Å². The topological polar surface area (TPSA) is 91.7 Å². The number of rotatable bonds is 4. The highest BCUT2D eigenvalue weighted by Gasteiger charge is 2.58. The minimum Gasteiger partial charge on any atom is -0.510 e. The van der Waals surface area contributed by atoms with Gasteiger partial charge in [0.25, 0.3) is 0 Å². The standard InChI is InChI=1S/C17H22O5/c1-5-6-10-8(2)11-7-12(19)13(9(3)18)15(20)17(11,4)14(10)16(21)22/h8,11,20H,5-7H2,1-4H3,(H,21,22)/t8-,11+,17+/m1/s1. The molecule has 0 unspecified atom stereocenters. The summed E-state index contributed by atoms with van der Waals surface area (Å²) in [6.07, 6.45) is 1.50. The number of hydrogen-bond acceptors (Lipinski definition) is 4. The maximum Gasteiger partial charge on any atom is 0.332 e. The zero-order chi connectivity index (χ0) is 16.8. The third-order valence-corrected chi connectivity index (χ3v) is 5.23. The molecule has 0 aromatic heterocycles. The highest BCUT2D eigenvalue weighted by Crippen LogP contribution is 2.59. The van der Waals surface area contributed by atoms with E-state index in [-0.39, 0.29) is 40.9 Å². The van der Waals surface area contributed by atoms with Crippen LogP contribution in [-0.2, 0) is 14.4 Å². The van der Waals surface area contributed by atoms with E-state index in [1.165, 1.54) is 6.92 Å². The largest absolute Gasteiger partial charge is 0.510 e. The van der Waals surface area contributed by atoms with Crippen LogP contribution in [0.15, 0.2) is 22.5 Å². The van der Waals surface area contributed by atoms with Crippen LogP contribution in [0.2, 0.25) is 0 Å². The number of allylic oxidation sites excluding steroid dienone is 3. The number of carbonyl (C=O) groups is 3. The van der Waals surface area contributed by atoms with Gasteiger partial charge in [-0.3, -0.25) is 9.59 Å². The van der Waals surface area contributed by atoms with Gasteiger partial charge in [0.2, 0.25) is 0 Å². The molecule has 0 aromatic carbocycles. The Balaban J connectivity index is 2.75. The lowest BCUT2D eigenvalue weighted by atomic mass is 9.64. The van der Waals surface area contributed by atoms with E-state index in [1.807, 2.05) is 13.8 Å². The maximum atomic E-state index is 12.2. The molecule has 2 rings (SSSR count). The van der Waals surface area contributed by atoms with Crippen LogP contribution in [-0.4, -0.2) is 27.7 Å². The Morgan fingerprint density at radius 2 is 1.95 bits per heavy atom. The summed E-state index contributed by atoms with van der Waals surface area (Å²) in [5.74, 6) is -2.75. The van der Waals surface area contributed by atoms with E-state index in [9.17, 15) is 24.6 Å². The molecule has 0 bridgehead atoms. The number of aliphatic hydroxyl groups is 1. The van der Waals surface area contributed by atoms with E-state index in [2.05, 4.69) is 0 Å². The first kappa shape index (κ1) is 16.5. The van der Waals surface area contributed by atoms with Crippen LogP contribution in [0.3, 0.4) is 0 Å². The lowest BCUT2D eigenvalue weighted by Crippen LogP contribution is -2.40. The van der Waals surface area contributed by atoms with Gasteiger partial charge < -0.3 is 10.2 Å². The smallest absolute Gasteiger partial charge is 0.332 e. The zero-order valence-corrected chi connectivity index (χ0v) is 13.4. The van der Waals surface area contributed by atoms with Crippen molar-refractivity contribution in [3.63, 3.8) is 0 Å². The Hall–Kier alpha value is -1.91. The van der Waals surface area contributed by atoms with E-state index in [0.29, 0.717) is 6.42 Å². The molecule has 3 atom stereocenters. The fourth-order valence-corrected chi connectivity index (χ4v) is 4.20. The summed E-state index contributed by atoms with van der Waals surface area (Å²) in [4.78, 5) is 35.8. The van der Waals surface area contributed by atoms with E-state index in [0.717, 1.165) is 12.0 Å². The van der Waals surface area contributed by atoms with Crippen molar-refractivity contribution in [2.24, 2.45) is 17.3 Å². The molecule has 0 spiro atoms. The third-order valence-electron chi connectivity index (χ3n) is 5.23. The number of aliphatic hydroxyl groups excluding tert-OH is 1. The third kappa shape index (κ3) is 2.02. The lowest BCUT2D eigenvalue weighted by molar-refractivity contribution is -0.135. The molecule has 0 aliphatic heterocycles. The molecule has 0 amide bonds. The molecule has 22 heavy (non-hydrogen) atoms. The van der Waals surface area contributed by atoms with Gasteiger partial charge in [-0.05, 0) is 32.1 Å². The van der Waals surface area contributed by atoms with E-state index in [1.54, 1.807) is 6.92 Å². The first-order chi connectivity index (χ1) is 10.2. The van der Waals surface area contributed by atoms with Gasteiger partial charge in [-0.15, -0.1) is 0 Å². The highest BCUT2D eigenvalue weighted by molar-refractivity contribution is 6.20. The number of carboxylic acids is 1. The molecule has 2 aliphatic carbocycles. The zero-order valence-electron chi connectivity index (χ0n) is 13.4. The average molecular weight is 306 g/mol. The summed E-state index contributed by atoms with van der Waals surface area (Å²) < 4.78 is 0. The normalized spacial score (nSPS) is 31.5. The Labute approximate surface area is 129 Å². The SMILES string of the molecule is CCCC1=C(C(=O)O)[C@@]2(C)C(O)=C(C(C)=O)C(=O)C[C@H]2[C@@H]1C. The maximum absolute atomic E-state index is 12.2. The number of aliphatic carboxylic acids is 1. The number of ketones is 2. The summed E-state index contributed by atoms with van der Waals surface area (Å²) in [6, 6.07) is 0. The number of hydrogen-bond donors (Lipinski definition) is 2. The summed E-state index contributed by atoms with van der Waals surface area (Å²) in [7, 11) is 0. The van der Waals surface area contributed by atoms with Crippen LogP contribution in [0.25, 0.3) is 0 Å². The predicted molar refractivity (Wildman–Crippen MR) is 80.3 cm³/mol. The van der Waals surface area contributed by atoms with Gasteiger partial charge in [0.1, 0.15) is 5.76 Å². The summed E-state index contributed by atoms with van der Waals surface area (Å²) in [5.41, 5.74) is -0.449. The molecular formula is C17H22O5. The van der Waals surface area contributed by atoms with Crippen molar-refractivity contribution < 1.29 is 24.6 Å². The van der Waals surface area contributed by atoms with Crippen LogP contribution < -0.4 is 0 Å². The van der Waals surface area contributed by atoms with Gasteiger partial charge in [-0.1, -0.05) is 25.8 Å². The number of Topliss-reactive ketones (excluding diaryl/α,β-unsaturated/α-hetero) is 2. The summed E-state index contributed by atoms with van der Waals surface area (Å²) in [5, 5.41) is 20.3. The molecule has 0 aromatic rings. The Morgan fingerprint density at radius 1 is 1.36 bits per heavy atom. The van der Waals surface area contributed by atoms with Crippen LogP contribution in [0, 0.1) is 17.3 Å². The van der Waals surface area contributed by atoms with E-state index >= 15 is 0 Å². The molecule has 5 nitrogen and oxygen atoms in total. The number of carbonyl (C=O) groups excluding carboxylic acids is 2. The first-order valence-corrected chi connectivity index (χ1v) is 7.62. The van der Waals surface area contributed by atoms with Crippen LogP contribution in [0.1, 0.15) is 47.0 Å². The van der Waals surface area contributed by atoms with Crippen LogP contribution in [0.4, 0.5) is 0 Å². The quantitative estimate of drug-likeness (QED) is 0.779. The van der Waals surface area contributed by atoms with Crippen molar-refractivity contribution in [1.82, 2.24) is 0 Å².